The van der Waals surface area contributed by atoms with Gasteiger partial charge in [-0.25, -0.2) is 15.0 Å². The molecule has 9 heteroatoms. The largest absolute Gasteiger partial charge is 0.433 e. The van der Waals surface area contributed by atoms with Crippen molar-refractivity contribution in [3.63, 3.8) is 0 Å². The topological polar surface area (TPSA) is 63.9 Å². The van der Waals surface area contributed by atoms with Crippen LogP contribution in [-0.4, -0.2) is 43.4 Å². The van der Waals surface area contributed by atoms with Gasteiger partial charge in [0.15, 0.2) is 0 Å². The van der Waals surface area contributed by atoms with E-state index in [0.717, 1.165) is 22.9 Å². The van der Waals surface area contributed by atoms with Crippen LogP contribution in [-0.2, 0) is 30.9 Å². The number of hydrogen-bond donors (Lipinski definition) is 0. The third kappa shape index (κ3) is 4.40. The van der Waals surface area contributed by atoms with Gasteiger partial charge < -0.3 is 9.47 Å². The van der Waals surface area contributed by atoms with E-state index in [2.05, 4.69) is 15.0 Å². The van der Waals surface area contributed by atoms with Crippen LogP contribution in [0.25, 0.3) is 11.0 Å². The molecule has 3 heterocycles. The summed E-state index contributed by atoms with van der Waals surface area (Å²) in [6.45, 7) is 2.59. The lowest BCUT2D eigenvalue weighted by Crippen LogP contribution is -2.29. The number of hydrogen-bond acceptors (Lipinski definition) is 4. The highest BCUT2D eigenvalue weighted by Crippen LogP contribution is 2.31. The Hall–Kier alpha value is -2.97. The summed E-state index contributed by atoms with van der Waals surface area (Å²) in [7, 11) is 1.93. The van der Waals surface area contributed by atoms with E-state index in [1.807, 2.05) is 35.9 Å². The Balaban J connectivity index is 1.42. The summed E-state index contributed by atoms with van der Waals surface area (Å²) >= 11 is 0. The van der Waals surface area contributed by atoms with Crippen LogP contribution >= 0.6 is 0 Å². The van der Waals surface area contributed by atoms with E-state index >= 15 is 0 Å². The molecule has 4 rings (SSSR count). The molecule has 0 spiro atoms. The lowest BCUT2D eigenvalue weighted by atomic mass is 10.1. The Kier molecular flexibility index (Phi) is 5.68. The third-order valence-electron chi connectivity index (χ3n) is 5.80. The number of carbonyl (C=O) groups is 1. The molecule has 0 radical (unpaired) electrons. The van der Waals surface area contributed by atoms with E-state index in [1.165, 1.54) is 0 Å². The highest BCUT2D eigenvalue weighted by atomic mass is 19.4. The van der Waals surface area contributed by atoms with Gasteiger partial charge in [0.2, 0.25) is 5.91 Å². The van der Waals surface area contributed by atoms with Crippen LogP contribution in [0.15, 0.2) is 30.3 Å². The summed E-state index contributed by atoms with van der Waals surface area (Å²) in [6.07, 6.45) is -2.76. The molecule has 1 aliphatic heterocycles. The molecular formula is C22H24F3N5O. The summed E-state index contributed by atoms with van der Waals surface area (Å²) in [4.78, 5) is 27.1. The van der Waals surface area contributed by atoms with E-state index in [9.17, 15) is 18.0 Å². The Bertz CT molecular complexity index is 1110. The van der Waals surface area contributed by atoms with Gasteiger partial charge >= 0.3 is 6.18 Å². The number of para-hydroxylation sites is 2. The molecule has 0 aliphatic carbocycles. The second-order valence-electron chi connectivity index (χ2n) is 7.86. The number of aromatic nitrogens is 4. The molecular weight excluding hydrogens is 407 g/mol. The molecule has 0 bridgehead atoms. The molecule has 0 N–H and O–H groups in total. The van der Waals surface area contributed by atoms with Gasteiger partial charge in [-0.3, -0.25) is 4.79 Å². The second-order valence-corrected chi connectivity index (χ2v) is 7.86. The highest BCUT2D eigenvalue weighted by Gasteiger charge is 2.36. The zero-order chi connectivity index (χ0) is 22.2. The minimum Gasteiger partial charge on any atom is -0.342 e. The van der Waals surface area contributed by atoms with Crippen LogP contribution in [0.1, 0.15) is 48.7 Å². The first kappa shape index (κ1) is 21.3. The molecule has 1 atom stereocenters. The molecule has 1 aliphatic rings. The number of rotatable bonds is 5. The molecule has 164 valence electrons. The van der Waals surface area contributed by atoms with E-state index in [0.29, 0.717) is 44.5 Å². The van der Waals surface area contributed by atoms with Crippen LogP contribution < -0.4 is 0 Å². The minimum absolute atomic E-state index is 0.0303. The minimum atomic E-state index is -4.51. The van der Waals surface area contributed by atoms with Crippen LogP contribution in [0.5, 0.6) is 0 Å². The van der Waals surface area contributed by atoms with E-state index in [-0.39, 0.29) is 17.6 Å². The second kappa shape index (κ2) is 8.28. The summed E-state index contributed by atoms with van der Waals surface area (Å²) in [5.41, 5.74) is 1.35. The molecule has 3 aromatic rings. The number of amides is 1. The van der Waals surface area contributed by atoms with Crippen molar-refractivity contribution in [2.45, 2.75) is 44.7 Å². The summed E-state index contributed by atoms with van der Waals surface area (Å²) in [6, 6.07) is 8.79. The molecule has 1 amide bonds. The average Bonchev–Trinajstić information content (AvgIpc) is 3.37. The molecule has 1 aromatic carbocycles. The van der Waals surface area contributed by atoms with Gasteiger partial charge in [-0.05, 0) is 31.0 Å². The maximum Gasteiger partial charge on any atom is 0.433 e. The molecule has 2 aromatic heterocycles. The fourth-order valence-electron chi connectivity index (χ4n) is 4.02. The Morgan fingerprint density at radius 2 is 1.97 bits per heavy atom. The van der Waals surface area contributed by atoms with Gasteiger partial charge in [-0.2, -0.15) is 13.2 Å². The van der Waals surface area contributed by atoms with Gasteiger partial charge in [-0.1, -0.05) is 19.1 Å². The number of fused-ring (bicyclic) bond motifs is 1. The lowest BCUT2D eigenvalue weighted by Gasteiger charge is -2.17. The van der Waals surface area contributed by atoms with E-state index < -0.39 is 11.9 Å². The molecule has 1 fully saturated rings. The number of alkyl halides is 3. The van der Waals surface area contributed by atoms with Gasteiger partial charge in [0.05, 0.1) is 11.0 Å². The monoisotopic (exact) mass is 431 g/mol. The fourth-order valence-corrected chi connectivity index (χ4v) is 4.02. The summed E-state index contributed by atoms with van der Waals surface area (Å²) in [5.74, 6) is 0.695. The van der Waals surface area contributed by atoms with Crippen molar-refractivity contribution in [3.8, 4) is 0 Å². The molecule has 1 saturated heterocycles. The number of imidazole rings is 1. The smallest absolute Gasteiger partial charge is 0.342 e. The van der Waals surface area contributed by atoms with E-state index in [1.54, 1.807) is 11.8 Å². The quantitative estimate of drug-likeness (QED) is 0.615. The predicted octanol–water partition coefficient (Wildman–Crippen LogP) is 3.89. The fraction of sp³-hybridized carbons (Fsp3) is 0.455. The number of aryl methyl sites for hydroxylation is 3. The molecule has 0 saturated carbocycles. The van der Waals surface area contributed by atoms with Crippen molar-refractivity contribution in [2.75, 3.05) is 13.1 Å². The number of nitrogens with zero attached hydrogens (tertiary/aromatic N) is 5. The standard InChI is InChI=1S/C22H24F3N5O/c1-3-15-12-18(22(23,24)25)28-21(26-15)14-10-11-30(13-14)20(31)9-8-19-27-16-6-4-5-7-17(16)29(19)2/h4-7,12,14H,3,8-11,13H2,1-2H3/t14-/m1/s1. The third-order valence-corrected chi connectivity index (χ3v) is 5.80. The highest BCUT2D eigenvalue weighted by molar-refractivity contribution is 5.78. The van der Waals surface area contributed by atoms with Gasteiger partial charge in [-0.15, -0.1) is 0 Å². The average molecular weight is 431 g/mol. The summed E-state index contributed by atoms with van der Waals surface area (Å²) < 4.78 is 41.5. The number of carbonyl (C=O) groups excluding carboxylic acids is 1. The first-order valence-electron chi connectivity index (χ1n) is 10.4. The predicted molar refractivity (Wildman–Crippen MR) is 109 cm³/mol. The van der Waals surface area contributed by atoms with Crippen molar-refractivity contribution in [2.24, 2.45) is 7.05 Å². The Morgan fingerprint density at radius 1 is 1.19 bits per heavy atom. The summed E-state index contributed by atoms with van der Waals surface area (Å²) in [5, 5.41) is 0. The zero-order valence-corrected chi connectivity index (χ0v) is 17.5. The maximum absolute atomic E-state index is 13.2. The van der Waals surface area contributed by atoms with Crippen molar-refractivity contribution in [1.29, 1.82) is 0 Å². The van der Waals surface area contributed by atoms with Crippen LogP contribution in [0.4, 0.5) is 13.2 Å². The number of benzene rings is 1. The Morgan fingerprint density at radius 3 is 2.68 bits per heavy atom. The first-order valence-corrected chi connectivity index (χ1v) is 10.4. The zero-order valence-electron chi connectivity index (χ0n) is 17.5. The van der Waals surface area contributed by atoms with E-state index in [4.69, 9.17) is 0 Å². The van der Waals surface area contributed by atoms with Gasteiger partial charge in [0, 0.05) is 44.6 Å². The molecule has 6 nitrogen and oxygen atoms in total. The Labute approximate surface area is 178 Å². The van der Waals surface area contributed by atoms with Crippen molar-refractivity contribution >= 4 is 16.9 Å². The van der Waals surface area contributed by atoms with Crippen molar-refractivity contribution < 1.29 is 18.0 Å². The SMILES string of the molecule is CCc1cc(C(F)(F)F)nc([C@@H]2CCN(C(=O)CCc3nc4ccccc4n3C)C2)n1. The van der Waals surface area contributed by atoms with Crippen LogP contribution in [0.2, 0.25) is 0 Å². The first-order chi connectivity index (χ1) is 14.8. The van der Waals surface area contributed by atoms with Gasteiger partial charge in [0.1, 0.15) is 17.3 Å². The number of halogens is 3. The van der Waals surface area contributed by atoms with Crippen LogP contribution in [0.3, 0.4) is 0 Å². The van der Waals surface area contributed by atoms with Gasteiger partial charge in [0.25, 0.3) is 0 Å². The number of likely N-dealkylation sites (tertiary alicyclic amines) is 1. The normalized spacial score (nSPS) is 16.9. The molecule has 0 unspecified atom stereocenters. The van der Waals surface area contributed by atoms with Crippen LogP contribution in [0, 0.1) is 0 Å². The van der Waals surface area contributed by atoms with Crippen molar-refractivity contribution in [3.05, 3.63) is 53.4 Å². The maximum atomic E-state index is 13.2. The lowest BCUT2D eigenvalue weighted by molar-refractivity contribution is -0.141. The van der Waals surface area contributed by atoms with Crippen molar-refractivity contribution in [1.82, 2.24) is 24.4 Å². The molecule has 31 heavy (non-hydrogen) atoms.